The van der Waals surface area contributed by atoms with E-state index in [0.29, 0.717) is 17.6 Å². The second-order valence-electron chi connectivity index (χ2n) is 9.59. The van der Waals surface area contributed by atoms with E-state index in [2.05, 4.69) is 25.4 Å². The smallest absolute Gasteiger partial charge is 0.305 e. The van der Waals surface area contributed by atoms with Gasteiger partial charge in [-0.1, -0.05) is 39.7 Å². The van der Waals surface area contributed by atoms with Gasteiger partial charge >= 0.3 is 5.97 Å². The number of carbonyl (C=O) groups is 1. The van der Waals surface area contributed by atoms with Crippen molar-refractivity contribution in [2.75, 3.05) is 6.16 Å². The third-order valence-corrected chi connectivity index (χ3v) is 6.72. The van der Waals surface area contributed by atoms with Crippen molar-refractivity contribution in [1.29, 1.82) is 0 Å². The lowest BCUT2D eigenvalue weighted by Gasteiger charge is -2.42. The Morgan fingerprint density at radius 1 is 1.29 bits per heavy atom. The van der Waals surface area contributed by atoms with Gasteiger partial charge in [-0.15, -0.1) is 0 Å². The molecule has 31 heavy (non-hydrogen) atoms. The number of halogens is 1. The predicted molar refractivity (Wildman–Crippen MR) is 117 cm³/mol. The van der Waals surface area contributed by atoms with E-state index in [1.165, 1.54) is 6.07 Å². The van der Waals surface area contributed by atoms with Crippen LogP contribution in [0.1, 0.15) is 58.1 Å². The lowest BCUT2D eigenvalue weighted by atomic mass is 9.61. The van der Waals surface area contributed by atoms with Gasteiger partial charge in [0.05, 0.1) is 25.3 Å². The van der Waals surface area contributed by atoms with Gasteiger partial charge in [0.25, 0.3) is 7.37 Å². The summed E-state index contributed by atoms with van der Waals surface area (Å²) in [5.41, 5.74) is 4.14. The fraction of sp³-hybridized carbons (Fsp3) is 0.522. The van der Waals surface area contributed by atoms with Crippen molar-refractivity contribution in [2.45, 2.75) is 59.7 Å². The fourth-order valence-electron chi connectivity index (χ4n) is 4.44. The zero-order valence-electron chi connectivity index (χ0n) is 18.3. The van der Waals surface area contributed by atoms with E-state index in [1.54, 1.807) is 12.1 Å². The third-order valence-electron chi connectivity index (χ3n) is 5.34. The largest absolute Gasteiger partial charge is 0.481 e. The van der Waals surface area contributed by atoms with Crippen LogP contribution in [0.5, 0.6) is 0 Å². The molecule has 0 amide bonds. The zero-order chi connectivity index (χ0) is 23.6. The van der Waals surface area contributed by atoms with Gasteiger partial charge < -0.3 is 20.2 Å². The van der Waals surface area contributed by atoms with Crippen molar-refractivity contribution in [3.05, 3.63) is 40.7 Å². The van der Waals surface area contributed by atoms with Crippen LogP contribution in [0.2, 0.25) is 0 Å². The minimum absolute atomic E-state index is 0.0988. The summed E-state index contributed by atoms with van der Waals surface area (Å²) in [5.74, 6) is 1.07. The number of hydrogen-bond donors (Lipinski definition) is 4. The highest BCUT2D eigenvalue weighted by Crippen LogP contribution is 2.52. The molecule has 0 fully saturated rings. The van der Waals surface area contributed by atoms with E-state index in [0.717, 1.165) is 12.0 Å². The molecule has 0 radical (unpaired) electrons. The number of carboxylic acids is 1. The summed E-state index contributed by atoms with van der Waals surface area (Å²) < 4.78 is 26.4. The number of aliphatic carboxylic acids is 1. The molecule has 1 aromatic carbocycles. The van der Waals surface area contributed by atoms with Gasteiger partial charge in [-0.2, -0.15) is 0 Å². The normalized spacial score (nSPS) is 20.4. The number of carboxylic acid groups (broad SMARTS) is 1. The van der Waals surface area contributed by atoms with Crippen molar-refractivity contribution >= 4 is 18.9 Å². The van der Waals surface area contributed by atoms with Gasteiger partial charge in [0.1, 0.15) is 5.82 Å². The van der Waals surface area contributed by atoms with Crippen molar-refractivity contribution < 1.29 is 34.0 Å². The first kappa shape index (κ1) is 25.3. The molecule has 0 aliphatic heterocycles. The van der Waals surface area contributed by atoms with E-state index < -0.39 is 49.9 Å². The summed E-state index contributed by atoms with van der Waals surface area (Å²) in [4.78, 5) is 20.9. The molecule has 170 valence electrons. The van der Waals surface area contributed by atoms with Gasteiger partial charge in [0, 0.05) is 11.1 Å². The maximum Gasteiger partial charge on any atom is 0.305 e. The fourth-order valence-corrected chi connectivity index (χ4v) is 5.52. The Labute approximate surface area is 182 Å². The topological polar surface area (TPSA) is 115 Å². The Kier molecular flexibility index (Phi) is 7.55. The average molecular weight is 452 g/mol. The molecular weight excluding hydrogens is 422 g/mol. The molecule has 1 unspecified atom stereocenters. The van der Waals surface area contributed by atoms with Crippen LogP contribution in [0, 0.1) is 28.2 Å². The minimum Gasteiger partial charge on any atom is -0.481 e. The number of aliphatic hydroxyl groups excluding tert-OH is 2. The first-order valence-electron chi connectivity index (χ1n) is 10.0. The zero-order valence-corrected chi connectivity index (χ0v) is 19.2. The molecule has 6 nitrogen and oxygen atoms in total. The van der Waals surface area contributed by atoms with Crippen molar-refractivity contribution in [3.63, 3.8) is 0 Å². The standard InChI is InChI=1S/C23H30FO6P/c1-22(2)11-18(15-5-6-20(24)16(9-15)12-25)19(23(3,4)14-22)7-8-31(29,30)13-17(26)10-21(27)28/h5-6,9,17,25-26H,10-14H2,1-4H3,(H,27,28)(H,29,30)/t17-/m0/s1. The van der Waals surface area contributed by atoms with Gasteiger partial charge in [-0.05, 0) is 52.6 Å². The number of benzene rings is 1. The second-order valence-corrected chi connectivity index (χ2v) is 11.6. The third kappa shape index (κ3) is 6.75. The summed E-state index contributed by atoms with van der Waals surface area (Å²) >= 11 is 0. The molecule has 0 aromatic heterocycles. The minimum atomic E-state index is -4.11. The molecule has 0 saturated carbocycles. The number of aliphatic hydroxyl groups is 2. The van der Waals surface area contributed by atoms with E-state index in [9.17, 15) is 28.9 Å². The van der Waals surface area contributed by atoms with Gasteiger partial charge in [-0.25, -0.2) is 4.39 Å². The molecule has 1 aromatic rings. The van der Waals surface area contributed by atoms with E-state index in [1.807, 2.05) is 13.8 Å². The number of hydrogen-bond acceptors (Lipinski definition) is 4. The lowest BCUT2D eigenvalue weighted by Crippen LogP contribution is -2.30. The van der Waals surface area contributed by atoms with Crippen molar-refractivity contribution in [2.24, 2.45) is 10.8 Å². The Balaban J connectivity index is 2.57. The molecule has 0 saturated heterocycles. The summed E-state index contributed by atoms with van der Waals surface area (Å²) in [5, 5.41) is 27.9. The van der Waals surface area contributed by atoms with Crippen molar-refractivity contribution in [3.8, 4) is 11.6 Å². The summed E-state index contributed by atoms with van der Waals surface area (Å²) in [7, 11) is -4.11. The van der Waals surface area contributed by atoms with Crippen LogP contribution >= 0.6 is 7.37 Å². The molecule has 0 bridgehead atoms. The van der Waals surface area contributed by atoms with E-state index in [4.69, 9.17) is 5.11 Å². The summed E-state index contributed by atoms with van der Waals surface area (Å²) in [6.45, 7) is 7.73. The molecule has 4 N–H and O–H groups in total. The highest BCUT2D eigenvalue weighted by atomic mass is 31.2. The van der Waals surface area contributed by atoms with Gasteiger partial charge in [0.15, 0.2) is 0 Å². The van der Waals surface area contributed by atoms with E-state index >= 15 is 0 Å². The SMILES string of the molecule is CC1(C)CC(c2ccc(F)c(CO)c2)=C(C#CP(=O)(O)C[C@@H](O)CC(=O)O)C(C)(C)C1. The van der Waals surface area contributed by atoms with Crippen LogP contribution in [0.3, 0.4) is 0 Å². The maximum absolute atomic E-state index is 13.9. The molecule has 2 atom stereocenters. The summed E-state index contributed by atoms with van der Waals surface area (Å²) in [6.07, 6.45) is -1.38. The molecular formula is C23H30FO6P. The summed E-state index contributed by atoms with van der Waals surface area (Å²) in [6, 6.07) is 4.46. The Morgan fingerprint density at radius 3 is 2.52 bits per heavy atom. The Hall–Kier alpha value is -1.97. The van der Waals surface area contributed by atoms with Crippen LogP contribution in [0.15, 0.2) is 23.8 Å². The Morgan fingerprint density at radius 2 is 1.94 bits per heavy atom. The first-order chi connectivity index (χ1) is 14.2. The Bertz CT molecular complexity index is 999. The van der Waals surface area contributed by atoms with Crippen LogP contribution < -0.4 is 0 Å². The molecule has 1 aliphatic rings. The van der Waals surface area contributed by atoms with Gasteiger partial charge in [0.2, 0.25) is 0 Å². The number of allylic oxidation sites excluding steroid dienone is 2. The average Bonchev–Trinajstić information content (AvgIpc) is 2.57. The molecule has 1 aliphatic carbocycles. The highest BCUT2D eigenvalue weighted by Gasteiger charge is 2.39. The molecule has 2 rings (SSSR count). The van der Waals surface area contributed by atoms with Gasteiger partial charge in [-0.3, -0.25) is 9.36 Å². The van der Waals surface area contributed by atoms with Crippen molar-refractivity contribution in [1.82, 2.24) is 0 Å². The number of rotatable bonds is 6. The van der Waals surface area contributed by atoms with Crippen LogP contribution in [0.4, 0.5) is 4.39 Å². The van der Waals surface area contributed by atoms with E-state index in [-0.39, 0.29) is 11.0 Å². The predicted octanol–water partition coefficient (Wildman–Crippen LogP) is 3.98. The van der Waals surface area contributed by atoms with Crippen LogP contribution in [-0.2, 0) is 16.0 Å². The maximum atomic E-state index is 13.9. The monoisotopic (exact) mass is 452 g/mol. The quantitative estimate of drug-likeness (QED) is 0.383. The molecule has 8 heteroatoms. The van der Waals surface area contributed by atoms with Crippen LogP contribution in [0.25, 0.3) is 5.57 Å². The van der Waals surface area contributed by atoms with Crippen LogP contribution in [-0.4, -0.2) is 38.4 Å². The highest BCUT2D eigenvalue weighted by molar-refractivity contribution is 7.63. The lowest BCUT2D eigenvalue weighted by molar-refractivity contribution is -0.138. The second kappa shape index (κ2) is 9.26. The molecule has 0 heterocycles. The first-order valence-corrected chi connectivity index (χ1v) is 11.9. The molecule has 0 spiro atoms.